The Bertz CT molecular complexity index is 1080. The van der Waals surface area contributed by atoms with Gasteiger partial charge < -0.3 is 19.1 Å². The van der Waals surface area contributed by atoms with Gasteiger partial charge in [-0.25, -0.2) is 9.97 Å². The summed E-state index contributed by atoms with van der Waals surface area (Å²) in [4.78, 5) is 30.9. The number of amides is 1. The van der Waals surface area contributed by atoms with E-state index in [2.05, 4.69) is 20.0 Å². The molecule has 2 saturated heterocycles. The van der Waals surface area contributed by atoms with E-state index in [1.807, 2.05) is 36.2 Å². The Hall–Kier alpha value is -3.33. The van der Waals surface area contributed by atoms with E-state index < -0.39 is 0 Å². The van der Waals surface area contributed by atoms with E-state index in [-0.39, 0.29) is 11.8 Å². The van der Waals surface area contributed by atoms with Crippen molar-refractivity contribution in [2.45, 2.75) is 25.7 Å². The summed E-state index contributed by atoms with van der Waals surface area (Å²) < 4.78 is 11.0. The fraction of sp³-hybridized carbons (Fsp3) is 0.435. The summed E-state index contributed by atoms with van der Waals surface area (Å²) in [5.74, 6) is 1.37. The Labute approximate surface area is 186 Å². The van der Waals surface area contributed by atoms with Crippen molar-refractivity contribution in [3.63, 3.8) is 0 Å². The Balaban J connectivity index is 1.47. The first-order valence-electron chi connectivity index (χ1n) is 11.0. The molecule has 0 bridgehead atoms. The predicted molar refractivity (Wildman–Crippen MR) is 117 cm³/mol. The first kappa shape index (κ1) is 20.6. The van der Waals surface area contributed by atoms with E-state index in [1.165, 1.54) is 0 Å². The summed E-state index contributed by atoms with van der Waals surface area (Å²) in [5.41, 5.74) is 3.01. The molecule has 3 aromatic rings. The molecule has 3 aromatic heterocycles. The number of anilines is 1. The first-order valence-corrected chi connectivity index (χ1v) is 11.0. The molecule has 2 fully saturated rings. The molecule has 1 atom stereocenters. The van der Waals surface area contributed by atoms with E-state index >= 15 is 0 Å². The third-order valence-electron chi connectivity index (χ3n) is 5.97. The van der Waals surface area contributed by atoms with E-state index in [9.17, 15) is 4.79 Å². The van der Waals surface area contributed by atoms with Crippen LogP contribution in [0, 0.1) is 6.92 Å². The Morgan fingerprint density at radius 2 is 2.03 bits per heavy atom. The second-order valence-corrected chi connectivity index (χ2v) is 8.21. The van der Waals surface area contributed by atoms with Crippen LogP contribution in [-0.2, 0) is 4.74 Å². The van der Waals surface area contributed by atoms with Crippen LogP contribution in [0.2, 0.25) is 0 Å². The van der Waals surface area contributed by atoms with Crippen LogP contribution >= 0.6 is 0 Å². The highest BCUT2D eigenvalue weighted by molar-refractivity contribution is 5.92. The molecule has 5 rings (SSSR count). The van der Waals surface area contributed by atoms with Crippen molar-refractivity contribution < 1.29 is 14.1 Å². The Kier molecular flexibility index (Phi) is 5.81. The first-order chi connectivity index (χ1) is 15.7. The highest BCUT2D eigenvalue weighted by atomic mass is 16.5. The summed E-state index contributed by atoms with van der Waals surface area (Å²) in [6.45, 7) is 6.03. The van der Waals surface area contributed by atoms with Crippen molar-refractivity contribution in [3.05, 3.63) is 53.7 Å². The molecule has 0 aromatic carbocycles. The lowest BCUT2D eigenvalue weighted by Crippen LogP contribution is -2.40. The topological polar surface area (TPSA) is 97.5 Å². The van der Waals surface area contributed by atoms with Gasteiger partial charge in [0, 0.05) is 50.6 Å². The quantitative estimate of drug-likeness (QED) is 0.618. The van der Waals surface area contributed by atoms with Crippen LogP contribution in [-0.4, -0.2) is 70.3 Å². The fourth-order valence-electron chi connectivity index (χ4n) is 4.33. The van der Waals surface area contributed by atoms with Gasteiger partial charge in [-0.2, -0.15) is 0 Å². The average molecular weight is 435 g/mol. The van der Waals surface area contributed by atoms with Crippen LogP contribution in [0.1, 0.15) is 40.6 Å². The molecule has 32 heavy (non-hydrogen) atoms. The number of pyridine rings is 1. The number of likely N-dealkylation sites (tertiary alicyclic amines) is 1. The molecular weight excluding hydrogens is 408 g/mol. The maximum absolute atomic E-state index is 13.0. The van der Waals surface area contributed by atoms with Crippen LogP contribution in [0.15, 0.2) is 41.2 Å². The molecule has 0 aliphatic carbocycles. The van der Waals surface area contributed by atoms with Gasteiger partial charge in [0.25, 0.3) is 5.91 Å². The predicted octanol–water partition coefficient (Wildman–Crippen LogP) is 2.69. The van der Waals surface area contributed by atoms with Crippen LogP contribution < -0.4 is 4.90 Å². The second-order valence-electron chi connectivity index (χ2n) is 8.21. The van der Waals surface area contributed by atoms with E-state index in [0.717, 1.165) is 42.9 Å². The lowest BCUT2D eigenvalue weighted by atomic mass is 9.91. The van der Waals surface area contributed by atoms with Gasteiger partial charge in [-0.1, -0.05) is 11.2 Å². The zero-order chi connectivity index (χ0) is 21.9. The third kappa shape index (κ3) is 4.20. The van der Waals surface area contributed by atoms with Crippen LogP contribution in [0.5, 0.6) is 0 Å². The molecule has 166 valence electrons. The van der Waals surface area contributed by atoms with E-state index in [0.29, 0.717) is 43.7 Å². The van der Waals surface area contributed by atoms with Crippen LogP contribution in [0.4, 0.5) is 5.95 Å². The van der Waals surface area contributed by atoms with Crippen molar-refractivity contribution in [2.24, 2.45) is 0 Å². The number of hydrogen-bond acceptors (Lipinski definition) is 8. The number of morpholine rings is 1. The molecule has 0 N–H and O–H groups in total. The molecule has 0 saturated carbocycles. The normalized spacial score (nSPS) is 19.2. The molecular formula is C23H26N6O3. The van der Waals surface area contributed by atoms with Crippen LogP contribution in [0.25, 0.3) is 11.3 Å². The van der Waals surface area contributed by atoms with Gasteiger partial charge in [-0.05, 0) is 31.9 Å². The van der Waals surface area contributed by atoms with Gasteiger partial charge in [0.1, 0.15) is 5.69 Å². The Morgan fingerprint density at radius 3 is 2.78 bits per heavy atom. The van der Waals surface area contributed by atoms with Gasteiger partial charge in [0.05, 0.1) is 30.2 Å². The van der Waals surface area contributed by atoms with Gasteiger partial charge in [-0.3, -0.25) is 9.78 Å². The largest absolute Gasteiger partial charge is 0.378 e. The highest BCUT2D eigenvalue weighted by Gasteiger charge is 2.30. The van der Waals surface area contributed by atoms with Gasteiger partial charge in [-0.15, -0.1) is 0 Å². The maximum atomic E-state index is 13.0. The Morgan fingerprint density at radius 1 is 1.16 bits per heavy atom. The van der Waals surface area contributed by atoms with Gasteiger partial charge in [0.15, 0.2) is 5.76 Å². The minimum atomic E-state index is -0.0465. The van der Waals surface area contributed by atoms with Crippen molar-refractivity contribution in [2.75, 3.05) is 44.3 Å². The molecule has 0 spiro atoms. The lowest BCUT2D eigenvalue weighted by molar-refractivity contribution is 0.0700. The number of rotatable bonds is 4. The number of carbonyl (C=O) groups excluding carboxylic acids is 1. The summed E-state index contributed by atoms with van der Waals surface area (Å²) in [6, 6.07) is 7.31. The number of hydrogen-bond donors (Lipinski definition) is 0. The summed E-state index contributed by atoms with van der Waals surface area (Å²) in [6.07, 6.45) is 5.31. The van der Waals surface area contributed by atoms with Crippen LogP contribution in [0.3, 0.4) is 0 Å². The second kappa shape index (κ2) is 9.04. The maximum Gasteiger partial charge on any atom is 0.272 e. The average Bonchev–Trinajstić information content (AvgIpc) is 3.30. The number of piperidine rings is 1. The molecule has 2 aliphatic rings. The number of carbonyl (C=O) groups is 1. The fourth-order valence-corrected chi connectivity index (χ4v) is 4.33. The monoisotopic (exact) mass is 434 g/mol. The molecule has 2 aliphatic heterocycles. The molecule has 9 nitrogen and oxygen atoms in total. The molecule has 1 amide bonds. The van der Waals surface area contributed by atoms with Crippen molar-refractivity contribution >= 4 is 11.9 Å². The molecule has 9 heteroatoms. The van der Waals surface area contributed by atoms with Crippen molar-refractivity contribution in [1.82, 2.24) is 25.0 Å². The number of nitrogens with zero attached hydrogens (tertiary/aromatic N) is 6. The zero-order valence-corrected chi connectivity index (χ0v) is 18.1. The number of ether oxygens (including phenoxy) is 1. The zero-order valence-electron chi connectivity index (χ0n) is 18.1. The standard InChI is InChI=1S/C23H26N6O3/c1-16-13-20(32-27-16)18-14-25-23(28-9-11-31-12-10-28)26-21(18)17-5-4-8-29(15-17)22(30)19-6-2-3-7-24-19/h2-3,6-7,13-14,17H,4-5,8-12,15H2,1H3/t17-/m1/s1. The number of aryl methyl sites for hydroxylation is 1. The van der Waals surface area contributed by atoms with Gasteiger partial charge >= 0.3 is 0 Å². The summed E-state index contributed by atoms with van der Waals surface area (Å²) in [5, 5.41) is 4.04. The van der Waals surface area contributed by atoms with E-state index in [4.69, 9.17) is 14.2 Å². The lowest BCUT2D eigenvalue weighted by Gasteiger charge is -2.33. The SMILES string of the molecule is Cc1cc(-c2cnc(N3CCOCC3)nc2[C@@H]2CCCN(C(=O)c3ccccn3)C2)on1. The minimum Gasteiger partial charge on any atom is -0.378 e. The molecule has 0 unspecified atom stereocenters. The van der Waals surface area contributed by atoms with Gasteiger partial charge in [0.2, 0.25) is 5.95 Å². The van der Waals surface area contributed by atoms with Crippen molar-refractivity contribution in [1.29, 1.82) is 0 Å². The number of aromatic nitrogens is 4. The highest BCUT2D eigenvalue weighted by Crippen LogP contribution is 2.34. The van der Waals surface area contributed by atoms with E-state index in [1.54, 1.807) is 12.3 Å². The molecule has 0 radical (unpaired) electrons. The summed E-state index contributed by atoms with van der Waals surface area (Å²) in [7, 11) is 0. The van der Waals surface area contributed by atoms with Crippen molar-refractivity contribution in [3.8, 4) is 11.3 Å². The summed E-state index contributed by atoms with van der Waals surface area (Å²) >= 11 is 0. The minimum absolute atomic E-state index is 0.0465. The smallest absolute Gasteiger partial charge is 0.272 e. The third-order valence-corrected chi connectivity index (χ3v) is 5.97. The molecule has 5 heterocycles.